The summed E-state index contributed by atoms with van der Waals surface area (Å²) >= 11 is 0. The van der Waals surface area contributed by atoms with E-state index >= 15 is 0 Å². The fraction of sp³-hybridized carbons (Fsp3) is 0.357. The highest BCUT2D eigenvalue weighted by molar-refractivity contribution is 5.19. The standard InChI is InChI=1S/C14H15FN2O2/c15-12-4-2-1-3-11(12)13(18)9-16-7-8-17(14(16)19)10-5-6-10/h1-4,7-8,10,13,18H,5-6,9H2. The number of benzene rings is 1. The summed E-state index contributed by atoms with van der Waals surface area (Å²) in [7, 11) is 0. The lowest BCUT2D eigenvalue weighted by Crippen LogP contribution is -2.25. The Morgan fingerprint density at radius 2 is 2.05 bits per heavy atom. The molecule has 1 heterocycles. The second-order valence-corrected chi connectivity index (χ2v) is 4.91. The summed E-state index contributed by atoms with van der Waals surface area (Å²) in [5, 5.41) is 10.0. The van der Waals surface area contributed by atoms with Gasteiger partial charge in [-0.2, -0.15) is 0 Å². The van der Waals surface area contributed by atoms with Gasteiger partial charge in [0, 0.05) is 24.0 Å². The Morgan fingerprint density at radius 1 is 1.32 bits per heavy atom. The second kappa shape index (κ2) is 4.66. The number of aromatic nitrogens is 2. The molecule has 0 radical (unpaired) electrons. The van der Waals surface area contributed by atoms with Gasteiger partial charge in [0.2, 0.25) is 0 Å². The van der Waals surface area contributed by atoms with Crippen molar-refractivity contribution in [2.45, 2.75) is 31.5 Å². The number of imidazole rings is 1. The van der Waals surface area contributed by atoms with Crippen LogP contribution in [-0.4, -0.2) is 14.2 Å². The molecular formula is C14H15FN2O2. The normalized spacial score (nSPS) is 16.5. The molecule has 5 heteroatoms. The van der Waals surface area contributed by atoms with Crippen LogP contribution in [0.25, 0.3) is 0 Å². The Labute approximate surface area is 109 Å². The fourth-order valence-corrected chi connectivity index (χ4v) is 2.23. The van der Waals surface area contributed by atoms with Gasteiger partial charge in [0.05, 0.1) is 12.6 Å². The predicted molar refractivity (Wildman–Crippen MR) is 68.3 cm³/mol. The average molecular weight is 262 g/mol. The molecule has 0 aliphatic heterocycles. The van der Waals surface area contributed by atoms with Crippen LogP contribution < -0.4 is 5.69 Å². The molecule has 0 bridgehead atoms. The van der Waals surface area contributed by atoms with Crippen molar-refractivity contribution < 1.29 is 9.50 Å². The first-order valence-electron chi connectivity index (χ1n) is 6.36. The van der Waals surface area contributed by atoms with Crippen LogP contribution in [0.15, 0.2) is 41.5 Å². The van der Waals surface area contributed by atoms with Crippen LogP contribution in [0.4, 0.5) is 4.39 Å². The largest absolute Gasteiger partial charge is 0.386 e. The minimum Gasteiger partial charge on any atom is -0.386 e. The number of hydrogen-bond acceptors (Lipinski definition) is 2. The molecule has 0 amide bonds. The maximum atomic E-state index is 13.5. The van der Waals surface area contributed by atoms with Gasteiger partial charge in [-0.3, -0.25) is 9.13 Å². The fourth-order valence-electron chi connectivity index (χ4n) is 2.23. The zero-order chi connectivity index (χ0) is 13.4. The van der Waals surface area contributed by atoms with Crippen LogP contribution in [0.1, 0.15) is 30.6 Å². The minimum absolute atomic E-state index is 0.0689. The van der Waals surface area contributed by atoms with E-state index in [1.54, 1.807) is 29.1 Å². The maximum absolute atomic E-state index is 13.5. The highest BCUT2D eigenvalue weighted by Gasteiger charge is 2.26. The monoisotopic (exact) mass is 262 g/mol. The van der Waals surface area contributed by atoms with Gasteiger partial charge in [-0.1, -0.05) is 18.2 Å². The van der Waals surface area contributed by atoms with Crippen molar-refractivity contribution in [3.63, 3.8) is 0 Å². The highest BCUT2D eigenvalue weighted by Crippen LogP contribution is 2.33. The summed E-state index contributed by atoms with van der Waals surface area (Å²) in [5.41, 5.74) is 0.0754. The van der Waals surface area contributed by atoms with E-state index in [0.717, 1.165) is 12.8 Å². The molecule has 1 fully saturated rings. The first-order valence-corrected chi connectivity index (χ1v) is 6.36. The molecule has 0 spiro atoms. The van der Waals surface area contributed by atoms with Crippen LogP contribution in [0, 0.1) is 5.82 Å². The third-order valence-electron chi connectivity index (χ3n) is 3.45. The van der Waals surface area contributed by atoms with Gasteiger partial charge in [0.25, 0.3) is 0 Å². The van der Waals surface area contributed by atoms with Gasteiger partial charge >= 0.3 is 5.69 Å². The number of rotatable bonds is 4. The lowest BCUT2D eigenvalue weighted by Gasteiger charge is -2.12. The first kappa shape index (κ1) is 12.2. The Bertz CT molecular complexity index is 643. The lowest BCUT2D eigenvalue weighted by molar-refractivity contribution is 0.150. The van der Waals surface area contributed by atoms with Crippen LogP contribution in [0.3, 0.4) is 0 Å². The molecule has 100 valence electrons. The van der Waals surface area contributed by atoms with E-state index in [0.29, 0.717) is 6.04 Å². The van der Waals surface area contributed by atoms with Gasteiger partial charge < -0.3 is 5.11 Å². The van der Waals surface area contributed by atoms with E-state index in [-0.39, 0.29) is 17.8 Å². The summed E-state index contributed by atoms with van der Waals surface area (Å²) in [4.78, 5) is 12.0. The summed E-state index contributed by atoms with van der Waals surface area (Å²) in [6, 6.07) is 6.38. The summed E-state index contributed by atoms with van der Waals surface area (Å²) < 4.78 is 16.6. The molecule has 0 saturated heterocycles. The zero-order valence-corrected chi connectivity index (χ0v) is 10.4. The number of halogens is 1. The summed E-state index contributed by atoms with van der Waals surface area (Å²) in [6.45, 7) is 0.0689. The predicted octanol–water partition coefficient (Wildman–Crippen LogP) is 1.86. The molecule has 19 heavy (non-hydrogen) atoms. The number of nitrogens with zero attached hydrogens (tertiary/aromatic N) is 2. The second-order valence-electron chi connectivity index (χ2n) is 4.91. The molecule has 1 atom stereocenters. The average Bonchev–Trinajstić information content (AvgIpc) is 3.17. The lowest BCUT2D eigenvalue weighted by atomic mass is 10.1. The number of aliphatic hydroxyl groups excluding tert-OH is 1. The Morgan fingerprint density at radius 3 is 2.74 bits per heavy atom. The van der Waals surface area contributed by atoms with Crippen LogP contribution in [-0.2, 0) is 6.54 Å². The van der Waals surface area contributed by atoms with Crippen LogP contribution in [0.2, 0.25) is 0 Å². The number of hydrogen-bond donors (Lipinski definition) is 1. The molecule has 1 aliphatic carbocycles. The van der Waals surface area contributed by atoms with E-state index < -0.39 is 11.9 Å². The number of aliphatic hydroxyl groups is 1. The Hall–Kier alpha value is -1.88. The molecular weight excluding hydrogens is 247 g/mol. The summed E-state index contributed by atoms with van der Waals surface area (Å²) in [6.07, 6.45) is 4.41. The highest BCUT2D eigenvalue weighted by atomic mass is 19.1. The first-order chi connectivity index (χ1) is 9.16. The van der Waals surface area contributed by atoms with Gasteiger partial charge in [-0.05, 0) is 18.9 Å². The van der Waals surface area contributed by atoms with E-state index in [2.05, 4.69) is 0 Å². The van der Waals surface area contributed by atoms with E-state index in [1.165, 1.54) is 16.7 Å². The van der Waals surface area contributed by atoms with Crippen molar-refractivity contribution in [1.29, 1.82) is 0 Å². The zero-order valence-electron chi connectivity index (χ0n) is 10.4. The van der Waals surface area contributed by atoms with E-state index in [4.69, 9.17) is 0 Å². The van der Waals surface area contributed by atoms with Crippen molar-refractivity contribution in [2.75, 3.05) is 0 Å². The Balaban J connectivity index is 1.81. The van der Waals surface area contributed by atoms with Gasteiger partial charge in [0.15, 0.2) is 0 Å². The van der Waals surface area contributed by atoms with Crippen molar-refractivity contribution in [3.8, 4) is 0 Å². The molecule has 1 unspecified atom stereocenters. The van der Waals surface area contributed by atoms with Crippen molar-refractivity contribution in [1.82, 2.24) is 9.13 Å². The van der Waals surface area contributed by atoms with Crippen molar-refractivity contribution in [2.24, 2.45) is 0 Å². The molecule has 4 nitrogen and oxygen atoms in total. The minimum atomic E-state index is -1.02. The molecule has 1 aromatic carbocycles. The quantitative estimate of drug-likeness (QED) is 0.914. The molecule has 1 saturated carbocycles. The van der Waals surface area contributed by atoms with Gasteiger partial charge in [-0.15, -0.1) is 0 Å². The van der Waals surface area contributed by atoms with Crippen LogP contribution in [0.5, 0.6) is 0 Å². The topological polar surface area (TPSA) is 47.2 Å². The van der Waals surface area contributed by atoms with Crippen molar-refractivity contribution >= 4 is 0 Å². The third-order valence-corrected chi connectivity index (χ3v) is 3.45. The van der Waals surface area contributed by atoms with E-state index in [9.17, 15) is 14.3 Å². The molecule has 3 rings (SSSR count). The Kier molecular flexibility index (Phi) is 2.98. The van der Waals surface area contributed by atoms with Crippen LogP contribution >= 0.6 is 0 Å². The SMILES string of the molecule is O=c1n(CC(O)c2ccccc2F)ccn1C1CC1. The molecule has 1 aromatic heterocycles. The summed E-state index contributed by atoms with van der Waals surface area (Å²) in [5.74, 6) is -0.454. The molecule has 1 N–H and O–H groups in total. The third kappa shape index (κ3) is 2.33. The van der Waals surface area contributed by atoms with E-state index in [1.807, 2.05) is 0 Å². The smallest absolute Gasteiger partial charge is 0.328 e. The van der Waals surface area contributed by atoms with Crippen molar-refractivity contribution in [3.05, 3.63) is 58.5 Å². The maximum Gasteiger partial charge on any atom is 0.328 e. The van der Waals surface area contributed by atoms with Gasteiger partial charge in [0.1, 0.15) is 5.82 Å². The molecule has 1 aliphatic rings. The molecule has 2 aromatic rings. The van der Waals surface area contributed by atoms with Gasteiger partial charge in [-0.25, -0.2) is 9.18 Å².